The van der Waals surface area contributed by atoms with Crippen LogP contribution < -0.4 is 10.5 Å². The molecule has 2 N–H and O–H groups in total. The van der Waals surface area contributed by atoms with Crippen LogP contribution in [0.1, 0.15) is 5.56 Å². The zero-order chi connectivity index (χ0) is 15.4. The van der Waals surface area contributed by atoms with Crippen LogP contribution in [0.5, 0.6) is 5.75 Å². The minimum atomic E-state index is -0.683. The van der Waals surface area contributed by atoms with Crippen molar-refractivity contribution in [3.8, 4) is 5.75 Å². The van der Waals surface area contributed by atoms with E-state index in [9.17, 15) is 20.2 Å². The van der Waals surface area contributed by atoms with E-state index < -0.39 is 9.85 Å². The van der Waals surface area contributed by atoms with Gasteiger partial charge in [0.25, 0.3) is 11.4 Å². The molecule has 2 rings (SSSR count). The molecule has 2 aromatic carbocycles. The summed E-state index contributed by atoms with van der Waals surface area (Å²) < 4.78 is 5.41. The minimum Gasteiger partial charge on any atom is -0.489 e. The number of ether oxygens (including phenoxy) is 1. The fourth-order valence-corrected chi connectivity index (χ4v) is 1.68. The summed E-state index contributed by atoms with van der Waals surface area (Å²) in [5.74, 6) is 0.497. The van der Waals surface area contributed by atoms with Crippen molar-refractivity contribution in [2.75, 3.05) is 5.73 Å². The summed E-state index contributed by atoms with van der Waals surface area (Å²) in [6.07, 6.45) is 0. The van der Waals surface area contributed by atoms with Crippen LogP contribution in [-0.4, -0.2) is 9.85 Å². The first-order valence-corrected chi connectivity index (χ1v) is 5.87. The second-order valence-corrected chi connectivity index (χ2v) is 4.18. The van der Waals surface area contributed by atoms with Crippen LogP contribution in [0.4, 0.5) is 17.1 Å². The number of hydrogen-bond acceptors (Lipinski definition) is 6. The smallest absolute Gasteiger partial charge is 0.282 e. The first-order chi connectivity index (χ1) is 9.97. The van der Waals surface area contributed by atoms with E-state index in [4.69, 9.17) is 10.5 Å². The van der Waals surface area contributed by atoms with Gasteiger partial charge >= 0.3 is 0 Å². The number of hydrogen-bond donors (Lipinski definition) is 1. The largest absolute Gasteiger partial charge is 0.489 e. The molecule has 0 aliphatic rings. The number of benzene rings is 2. The molecule has 0 spiro atoms. The van der Waals surface area contributed by atoms with Crippen molar-refractivity contribution in [2.45, 2.75) is 6.61 Å². The lowest BCUT2D eigenvalue weighted by Crippen LogP contribution is -2.02. The predicted molar refractivity (Wildman–Crippen MR) is 74.9 cm³/mol. The van der Waals surface area contributed by atoms with Crippen molar-refractivity contribution in [3.63, 3.8) is 0 Å². The molecule has 0 unspecified atom stereocenters. The van der Waals surface area contributed by atoms with Gasteiger partial charge in [0, 0.05) is 11.8 Å². The van der Waals surface area contributed by atoms with Crippen LogP contribution in [0.25, 0.3) is 0 Å². The number of nitrogen functional groups attached to an aromatic ring is 1. The molecule has 0 radical (unpaired) electrons. The fraction of sp³-hybridized carbons (Fsp3) is 0.0769. The normalized spacial score (nSPS) is 10.1. The molecule has 0 aliphatic carbocycles. The van der Waals surface area contributed by atoms with Crippen molar-refractivity contribution in [1.82, 2.24) is 0 Å². The van der Waals surface area contributed by atoms with Gasteiger partial charge in [-0.2, -0.15) is 0 Å². The van der Waals surface area contributed by atoms with Gasteiger partial charge in [-0.05, 0) is 30.3 Å². The van der Waals surface area contributed by atoms with Crippen LogP contribution >= 0.6 is 0 Å². The average Bonchev–Trinajstić information content (AvgIpc) is 2.46. The number of nitro groups is 2. The number of rotatable bonds is 5. The van der Waals surface area contributed by atoms with Gasteiger partial charge in [-0.25, -0.2) is 0 Å². The van der Waals surface area contributed by atoms with Crippen molar-refractivity contribution in [1.29, 1.82) is 0 Å². The Morgan fingerprint density at radius 1 is 1.00 bits per heavy atom. The molecule has 0 fully saturated rings. The van der Waals surface area contributed by atoms with Gasteiger partial charge in [-0.1, -0.05) is 0 Å². The number of nitro benzene ring substituents is 2. The zero-order valence-corrected chi connectivity index (χ0v) is 10.8. The molecular formula is C13H11N3O5. The Hall–Kier alpha value is -3.16. The number of non-ortho nitro benzene ring substituents is 1. The molecule has 8 heteroatoms. The average molecular weight is 289 g/mol. The third kappa shape index (κ3) is 3.44. The van der Waals surface area contributed by atoms with E-state index in [0.29, 0.717) is 11.4 Å². The molecule has 0 aliphatic heterocycles. The summed E-state index contributed by atoms with van der Waals surface area (Å²) in [6, 6.07) is 9.97. The van der Waals surface area contributed by atoms with E-state index in [1.807, 2.05) is 0 Å². The maximum absolute atomic E-state index is 11.0. The minimum absolute atomic E-state index is 0.0712. The standard InChI is InChI=1S/C13H11N3O5/c14-10-2-5-12(6-3-10)21-8-9-1-4-11(15(17)18)7-13(9)16(19)20/h1-7H,8,14H2. The zero-order valence-electron chi connectivity index (χ0n) is 10.8. The van der Waals surface area contributed by atoms with E-state index >= 15 is 0 Å². The van der Waals surface area contributed by atoms with Gasteiger partial charge in [-0.15, -0.1) is 0 Å². The molecule has 0 amide bonds. The van der Waals surface area contributed by atoms with E-state index in [1.165, 1.54) is 12.1 Å². The third-order valence-corrected chi connectivity index (χ3v) is 2.75. The molecule has 0 atom stereocenters. The van der Waals surface area contributed by atoms with Crippen molar-refractivity contribution in [3.05, 3.63) is 68.3 Å². The Morgan fingerprint density at radius 2 is 1.67 bits per heavy atom. The van der Waals surface area contributed by atoms with Gasteiger partial charge in [0.2, 0.25) is 0 Å². The predicted octanol–water partition coefficient (Wildman–Crippen LogP) is 2.66. The highest BCUT2D eigenvalue weighted by atomic mass is 16.6. The number of nitrogens with two attached hydrogens (primary N) is 1. The van der Waals surface area contributed by atoms with Gasteiger partial charge in [0.1, 0.15) is 12.4 Å². The van der Waals surface area contributed by atoms with Crippen LogP contribution in [0.15, 0.2) is 42.5 Å². The lowest BCUT2D eigenvalue weighted by Gasteiger charge is -2.07. The molecule has 2 aromatic rings. The SMILES string of the molecule is Nc1ccc(OCc2ccc([N+](=O)[O-])cc2[N+](=O)[O-])cc1. The number of nitrogens with zero attached hydrogens (tertiary/aromatic N) is 2. The van der Waals surface area contributed by atoms with Gasteiger partial charge in [0.15, 0.2) is 0 Å². The fourth-order valence-electron chi connectivity index (χ4n) is 1.68. The second kappa shape index (κ2) is 5.87. The maximum Gasteiger partial charge on any atom is 0.282 e. The highest BCUT2D eigenvalue weighted by molar-refractivity contribution is 5.49. The van der Waals surface area contributed by atoms with E-state index in [2.05, 4.69) is 0 Å². The summed E-state index contributed by atoms with van der Waals surface area (Å²) in [4.78, 5) is 20.2. The van der Waals surface area contributed by atoms with Crippen LogP contribution in [-0.2, 0) is 6.61 Å². The quantitative estimate of drug-likeness (QED) is 0.513. The first-order valence-electron chi connectivity index (χ1n) is 5.87. The van der Waals surface area contributed by atoms with E-state index in [-0.39, 0.29) is 23.5 Å². The summed E-state index contributed by atoms with van der Waals surface area (Å²) in [7, 11) is 0. The number of anilines is 1. The monoisotopic (exact) mass is 289 g/mol. The van der Waals surface area contributed by atoms with E-state index in [0.717, 1.165) is 6.07 Å². The summed E-state index contributed by atoms with van der Waals surface area (Å²) in [5.41, 5.74) is 5.68. The van der Waals surface area contributed by atoms with Crippen molar-refractivity contribution in [2.24, 2.45) is 0 Å². The molecule has 0 saturated heterocycles. The molecule has 0 saturated carbocycles. The highest BCUT2D eigenvalue weighted by Crippen LogP contribution is 2.26. The molecule has 0 aromatic heterocycles. The van der Waals surface area contributed by atoms with Gasteiger partial charge in [-0.3, -0.25) is 20.2 Å². The second-order valence-electron chi connectivity index (χ2n) is 4.18. The Kier molecular flexibility index (Phi) is 3.98. The molecule has 108 valence electrons. The summed E-state index contributed by atoms with van der Waals surface area (Å²) in [6.45, 7) is -0.0712. The van der Waals surface area contributed by atoms with Gasteiger partial charge < -0.3 is 10.5 Å². The molecule has 0 bridgehead atoms. The lowest BCUT2D eigenvalue weighted by molar-refractivity contribution is -0.394. The summed E-state index contributed by atoms with van der Waals surface area (Å²) >= 11 is 0. The van der Waals surface area contributed by atoms with Crippen LogP contribution in [0, 0.1) is 20.2 Å². The first kappa shape index (κ1) is 14.3. The van der Waals surface area contributed by atoms with Gasteiger partial charge in [0.05, 0.1) is 21.5 Å². The third-order valence-electron chi connectivity index (χ3n) is 2.75. The molecule has 21 heavy (non-hydrogen) atoms. The Labute approximate surface area is 119 Å². The Balaban J connectivity index is 2.21. The molecular weight excluding hydrogens is 278 g/mol. The van der Waals surface area contributed by atoms with Crippen LogP contribution in [0.3, 0.4) is 0 Å². The Morgan fingerprint density at radius 3 is 2.24 bits per heavy atom. The van der Waals surface area contributed by atoms with Crippen LogP contribution in [0.2, 0.25) is 0 Å². The lowest BCUT2D eigenvalue weighted by atomic mass is 10.1. The molecule has 8 nitrogen and oxygen atoms in total. The van der Waals surface area contributed by atoms with Crippen molar-refractivity contribution < 1.29 is 14.6 Å². The summed E-state index contributed by atoms with van der Waals surface area (Å²) in [5, 5.41) is 21.6. The maximum atomic E-state index is 11.0. The topological polar surface area (TPSA) is 122 Å². The Bertz CT molecular complexity index is 685. The highest BCUT2D eigenvalue weighted by Gasteiger charge is 2.19. The van der Waals surface area contributed by atoms with Crippen molar-refractivity contribution >= 4 is 17.1 Å². The molecule has 0 heterocycles. The van der Waals surface area contributed by atoms with E-state index in [1.54, 1.807) is 24.3 Å².